The van der Waals surface area contributed by atoms with Gasteiger partial charge in [0.2, 0.25) is 5.91 Å². The highest BCUT2D eigenvalue weighted by atomic mass is 32.2. The highest BCUT2D eigenvalue weighted by Gasteiger charge is 2.45. The van der Waals surface area contributed by atoms with E-state index >= 15 is 0 Å². The molecule has 1 aromatic heterocycles. The minimum atomic E-state index is -1.63. The van der Waals surface area contributed by atoms with Crippen LogP contribution in [0.25, 0.3) is 0 Å². The van der Waals surface area contributed by atoms with Gasteiger partial charge >= 0.3 is 11.9 Å². The van der Waals surface area contributed by atoms with Crippen molar-refractivity contribution in [3.05, 3.63) is 6.20 Å². The molecule has 1 aliphatic heterocycles. The fourth-order valence-corrected chi connectivity index (χ4v) is 8.88. The molecule has 0 aliphatic carbocycles. The SMILES string of the molecule is CCCCCCCCCCCCCCCCC(=O)OCC(CSCC(N)C(=O)Nc1cn(CC(O)C2OC(O)[C@@H](O)[C@@H]2O)nn1)OC(=O)CCCCCCCCCCCCCCCC. The Labute approximate surface area is 389 Å². The molecule has 0 spiro atoms. The summed E-state index contributed by atoms with van der Waals surface area (Å²) in [5.41, 5.74) is 6.18. The van der Waals surface area contributed by atoms with Crippen LogP contribution in [0, 0.1) is 0 Å². The zero-order valence-electron chi connectivity index (χ0n) is 39.7. The molecule has 0 bridgehead atoms. The second kappa shape index (κ2) is 37.7. The molecule has 7 N–H and O–H groups in total. The minimum absolute atomic E-state index is 0.0633. The molecule has 1 saturated heterocycles. The Bertz CT molecular complexity index is 1330. The molecule has 372 valence electrons. The monoisotopic (exact) mass is 928 g/mol. The number of rotatable bonds is 42. The molecule has 0 saturated carbocycles. The zero-order valence-corrected chi connectivity index (χ0v) is 40.5. The third kappa shape index (κ3) is 28.0. The number of carbonyl (C=O) groups is 3. The van der Waals surface area contributed by atoms with Crippen molar-refractivity contribution in [2.75, 3.05) is 23.4 Å². The predicted octanol–water partition coefficient (Wildman–Crippen LogP) is 8.27. The van der Waals surface area contributed by atoms with Crippen molar-refractivity contribution in [2.24, 2.45) is 5.73 Å². The molecular formula is C48H89N5O10S. The van der Waals surface area contributed by atoms with Crippen LogP contribution in [0.5, 0.6) is 0 Å². The molecule has 1 fully saturated rings. The van der Waals surface area contributed by atoms with Crippen LogP contribution in [0.2, 0.25) is 0 Å². The van der Waals surface area contributed by atoms with E-state index in [9.17, 15) is 34.8 Å². The molecule has 1 aromatic rings. The van der Waals surface area contributed by atoms with Crippen molar-refractivity contribution in [3.8, 4) is 0 Å². The van der Waals surface area contributed by atoms with Crippen molar-refractivity contribution in [1.29, 1.82) is 0 Å². The number of aromatic nitrogens is 3. The van der Waals surface area contributed by atoms with Crippen LogP contribution in [0.4, 0.5) is 5.82 Å². The first kappa shape index (κ1) is 57.8. The van der Waals surface area contributed by atoms with Gasteiger partial charge in [-0.1, -0.05) is 186 Å². The average Bonchev–Trinajstić information content (AvgIpc) is 3.83. The second-order valence-corrected chi connectivity index (χ2v) is 19.1. The Morgan fingerprint density at radius 1 is 0.703 bits per heavy atom. The van der Waals surface area contributed by atoms with Gasteiger partial charge in [0.15, 0.2) is 12.1 Å². The quantitative estimate of drug-likeness (QED) is 0.0268. The van der Waals surface area contributed by atoms with Crippen LogP contribution >= 0.6 is 11.8 Å². The van der Waals surface area contributed by atoms with Crippen molar-refractivity contribution in [2.45, 2.75) is 256 Å². The zero-order chi connectivity index (χ0) is 46.6. The van der Waals surface area contributed by atoms with Crippen molar-refractivity contribution >= 4 is 35.4 Å². The van der Waals surface area contributed by atoms with Gasteiger partial charge in [0, 0.05) is 24.3 Å². The number of nitrogens with zero attached hydrogens (tertiary/aromatic N) is 3. The Hall–Kier alpha value is -2.34. The summed E-state index contributed by atoms with van der Waals surface area (Å²) in [6.07, 6.45) is 28.5. The van der Waals surface area contributed by atoms with Crippen molar-refractivity contribution in [3.63, 3.8) is 0 Å². The third-order valence-electron chi connectivity index (χ3n) is 12.0. The van der Waals surface area contributed by atoms with Gasteiger partial charge in [-0.15, -0.1) is 5.10 Å². The molecule has 0 aromatic carbocycles. The van der Waals surface area contributed by atoms with E-state index < -0.39 is 48.8 Å². The van der Waals surface area contributed by atoms with Gasteiger partial charge in [-0.3, -0.25) is 14.4 Å². The van der Waals surface area contributed by atoms with E-state index in [4.69, 9.17) is 19.9 Å². The maximum Gasteiger partial charge on any atom is 0.306 e. The maximum atomic E-state index is 12.9. The van der Waals surface area contributed by atoms with Crippen molar-refractivity contribution < 1.29 is 49.0 Å². The highest BCUT2D eigenvalue weighted by molar-refractivity contribution is 7.99. The smallest absolute Gasteiger partial charge is 0.306 e. The number of anilines is 1. The summed E-state index contributed by atoms with van der Waals surface area (Å²) in [4.78, 5) is 38.5. The maximum absolute atomic E-state index is 12.9. The second-order valence-electron chi connectivity index (χ2n) is 18.0. The Morgan fingerprint density at radius 2 is 1.16 bits per heavy atom. The molecule has 1 aliphatic rings. The minimum Gasteiger partial charge on any atom is -0.462 e. The fraction of sp³-hybridized carbons (Fsp3) is 0.896. The number of ether oxygens (including phenoxy) is 3. The number of esters is 2. The van der Waals surface area contributed by atoms with Crippen LogP contribution < -0.4 is 11.1 Å². The van der Waals surface area contributed by atoms with E-state index in [2.05, 4.69) is 29.5 Å². The lowest BCUT2D eigenvalue weighted by molar-refractivity contribution is -0.157. The molecule has 0 radical (unpaired) electrons. The standard InChI is InChI=1S/C48H89N5O10S/c1-3-5-7-9-11-13-15-17-19-21-23-25-27-29-31-42(55)61-35-38(62-43(56)32-30-28-26-24-22-20-18-16-14-12-10-8-6-4-2)36-64-37-39(49)47(59)50-41-34-53(52-51-41)33-40(54)46-44(57)45(58)48(60)63-46/h34,38-40,44-46,48,54,57-58,60H,3-33,35-37,49H2,1-2H3,(H,50,59)/t38?,39?,40?,44-,45-,46?,48?/m0/s1. The van der Waals surface area contributed by atoms with E-state index in [1.807, 2.05) is 0 Å². The summed E-state index contributed by atoms with van der Waals surface area (Å²) in [5, 5.41) is 50.1. The summed E-state index contributed by atoms with van der Waals surface area (Å²) in [5.74, 6) is -0.636. The first-order chi connectivity index (χ1) is 31.0. The number of hydrogen-bond donors (Lipinski definition) is 6. The van der Waals surface area contributed by atoms with E-state index in [0.717, 1.165) is 38.5 Å². The molecule has 64 heavy (non-hydrogen) atoms. The number of thioether (sulfide) groups is 1. The molecule has 15 nitrogen and oxygen atoms in total. The molecule has 7 atom stereocenters. The molecule has 1 amide bonds. The Kier molecular flexibility index (Phi) is 34.1. The predicted molar refractivity (Wildman–Crippen MR) is 254 cm³/mol. The lowest BCUT2D eigenvalue weighted by Gasteiger charge is -2.20. The molecule has 2 heterocycles. The number of carbonyl (C=O) groups excluding carboxylic acids is 3. The number of amides is 1. The topological polar surface area (TPSA) is 229 Å². The summed E-state index contributed by atoms with van der Waals surface area (Å²) in [6.45, 7) is 4.24. The lowest BCUT2D eigenvalue weighted by atomic mass is 10.0. The van der Waals surface area contributed by atoms with Gasteiger partial charge < -0.3 is 45.7 Å². The number of nitrogens with one attached hydrogen (secondary N) is 1. The van der Waals surface area contributed by atoms with Gasteiger partial charge in [0.1, 0.15) is 37.1 Å². The lowest BCUT2D eigenvalue weighted by Crippen LogP contribution is -2.40. The van der Waals surface area contributed by atoms with Crippen LogP contribution in [0.1, 0.15) is 206 Å². The van der Waals surface area contributed by atoms with Crippen LogP contribution in [-0.4, -0.2) is 114 Å². The third-order valence-corrected chi connectivity index (χ3v) is 13.2. The Balaban J connectivity index is 1.71. The molecule has 2 rings (SSSR count). The highest BCUT2D eigenvalue weighted by Crippen LogP contribution is 2.23. The number of nitrogens with two attached hydrogens (primary N) is 1. The average molecular weight is 928 g/mol. The van der Waals surface area contributed by atoms with Crippen molar-refractivity contribution in [1.82, 2.24) is 15.0 Å². The summed E-state index contributed by atoms with van der Waals surface area (Å²) in [7, 11) is 0. The summed E-state index contributed by atoms with van der Waals surface area (Å²) in [6, 6.07) is -0.958. The number of aliphatic hydroxyl groups is 4. The normalized spacial score (nSPS) is 18.8. The van der Waals surface area contributed by atoms with Gasteiger partial charge in [0.05, 0.1) is 18.8 Å². The van der Waals surface area contributed by atoms with Crippen LogP contribution in [0.15, 0.2) is 6.20 Å². The van der Waals surface area contributed by atoms with E-state index in [-0.39, 0.29) is 42.4 Å². The number of aliphatic hydroxyl groups excluding tert-OH is 4. The van der Waals surface area contributed by atoms with E-state index in [0.29, 0.717) is 12.8 Å². The first-order valence-electron chi connectivity index (χ1n) is 25.3. The summed E-state index contributed by atoms with van der Waals surface area (Å²) >= 11 is 1.31. The van der Waals surface area contributed by atoms with Crippen LogP contribution in [-0.2, 0) is 35.1 Å². The molecule has 16 heteroatoms. The first-order valence-corrected chi connectivity index (χ1v) is 26.5. The number of hydrogen-bond acceptors (Lipinski definition) is 14. The largest absolute Gasteiger partial charge is 0.462 e. The van der Waals surface area contributed by atoms with Gasteiger partial charge in [-0.25, -0.2) is 4.68 Å². The van der Waals surface area contributed by atoms with E-state index in [1.165, 1.54) is 164 Å². The number of unbranched alkanes of at least 4 members (excludes halogenated alkanes) is 26. The van der Waals surface area contributed by atoms with Gasteiger partial charge in [-0.05, 0) is 12.8 Å². The van der Waals surface area contributed by atoms with E-state index in [1.54, 1.807) is 0 Å². The fourth-order valence-electron chi connectivity index (χ4n) is 7.91. The van der Waals surface area contributed by atoms with Gasteiger partial charge in [0.25, 0.3) is 0 Å². The van der Waals surface area contributed by atoms with Gasteiger partial charge in [-0.2, -0.15) is 11.8 Å². The molecule has 5 unspecified atom stereocenters. The van der Waals surface area contributed by atoms with Crippen LogP contribution in [0.3, 0.4) is 0 Å². The summed E-state index contributed by atoms with van der Waals surface area (Å²) < 4.78 is 17.6. The molecular weight excluding hydrogens is 839 g/mol. The Morgan fingerprint density at radius 3 is 1.61 bits per heavy atom.